The van der Waals surface area contributed by atoms with Gasteiger partial charge in [-0.15, -0.1) is 0 Å². The normalized spacial score (nSPS) is 17.3. The van der Waals surface area contributed by atoms with E-state index in [1.807, 2.05) is 34.1 Å². The molecule has 2 aliphatic heterocycles. The van der Waals surface area contributed by atoms with E-state index in [1.54, 1.807) is 12.1 Å². The van der Waals surface area contributed by atoms with Gasteiger partial charge in [0, 0.05) is 56.9 Å². The van der Waals surface area contributed by atoms with Crippen LogP contribution in [0.2, 0.25) is 0 Å². The Balaban J connectivity index is 1.38. The first-order valence-corrected chi connectivity index (χ1v) is 9.77. The molecule has 6 heteroatoms. The first-order valence-electron chi connectivity index (χ1n) is 9.77. The zero-order valence-electron chi connectivity index (χ0n) is 15.8. The number of hydrogen-bond donors (Lipinski definition) is 0. The van der Waals surface area contributed by atoms with Crippen molar-refractivity contribution >= 4 is 17.5 Å². The summed E-state index contributed by atoms with van der Waals surface area (Å²) >= 11 is 0. The Bertz CT molecular complexity index is 860. The Labute approximate surface area is 164 Å². The maximum absolute atomic E-state index is 13.1. The van der Waals surface area contributed by atoms with Gasteiger partial charge in [-0.05, 0) is 48.4 Å². The lowest BCUT2D eigenvalue weighted by Gasteiger charge is -2.36. The van der Waals surface area contributed by atoms with Crippen molar-refractivity contribution in [3.05, 3.63) is 65.5 Å². The second kappa shape index (κ2) is 8.00. The number of piperazine rings is 1. The number of anilines is 1. The zero-order chi connectivity index (χ0) is 19.5. The van der Waals surface area contributed by atoms with Crippen LogP contribution in [-0.2, 0) is 11.3 Å². The molecule has 5 nitrogen and oxygen atoms in total. The van der Waals surface area contributed by atoms with E-state index < -0.39 is 0 Å². The molecule has 0 aliphatic carbocycles. The van der Waals surface area contributed by atoms with Crippen molar-refractivity contribution in [3.63, 3.8) is 0 Å². The van der Waals surface area contributed by atoms with E-state index in [-0.39, 0.29) is 17.6 Å². The second-order valence-electron chi connectivity index (χ2n) is 7.37. The highest BCUT2D eigenvalue weighted by Crippen LogP contribution is 2.19. The minimum Gasteiger partial charge on any atom is -0.368 e. The van der Waals surface area contributed by atoms with Gasteiger partial charge in [0.15, 0.2) is 0 Å². The molecule has 0 atom stereocenters. The Morgan fingerprint density at radius 2 is 1.71 bits per heavy atom. The third-order valence-corrected chi connectivity index (χ3v) is 5.48. The summed E-state index contributed by atoms with van der Waals surface area (Å²) in [6, 6.07) is 14.1. The molecule has 2 fully saturated rings. The molecule has 2 aromatic carbocycles. The van der Waals surface area contributed by atoms with E-state index in [9.17, 15) is 14.0 Å². The molecule has 0 saturated carbocycles. The van der Waals surface area contributed by atoms with Gasteiger partial charge in [0.05, 0.1) is 0 Å². The van der Waals surface area contributed by atoms with Crippen LogP contribution in [0.15, 0.2) is 48.5 Å². The van der Waals surface area contributed by atoms with Crippen molar-refractivity contribution in [1.82, 2.24) is 9.80 Å². The average Bonchev–Trinajstić information content (AvgIpc) is 3.13. The van der Waals surface area contributed by atoms with Crippen LogP contribution in [0.25, 0.3) is 0 Å². The molecular formula is C22H24FN3O2. The van der Waals surface area contributed by atoms with Crippen molar-refractivity contribution in [2.75, 3.05) is 37.6 Å². The largest absolute Gasteiger partial charge is 0.368 e. The van der Waals surface area contributed by atoms with Crippen LogP contribution in [0.5, 0.6) is 0 Å². The van der Waals surface area contributed by atoms with Crippen LogP contribution in [0.3, 0.4) is 0 Å². The van der Waals surface area contributed by atoms with E-state index >= 15 is 0 Å². The van der Waals surface area contributed by atoms with E-state index in [1.165, 1.54) is 12.1 Å². The van der Waals surface area contributed by atoms with Crippen LogP contribution < -0.4 is 4.90 Å². The SMILES string of the molecule is O=C1CCCN1Cc1cccc(C(=O)N2CCN(c3ccc(F)cc3)CC2)c1. The van der Waals surface area contributed by atoms with Crippen molar-refractivity contribution in [1.29, 1.82) is 0 Å². The van der Waals surface area contributed by atoms with Crippen LogP contribution in [0.4, 0.5) is 10.1 Å². The number of nitrogens with zero attached hydrogens (tertiary/aromatic N) is 3. The molecule has 0 N–H and O–H groups in total. The summed E-state index contributed by atoms with van der Waals surface area (Å²) in [5.74, 6) is -0.0323. The summed E-state index contributed by atoms with van der Waals surface area (Å²) in [6.07, 6.45) is 1.53. The zero-order valence-corrected chi connectivity index (χ0v) is 15.8. The third-order valence-electron chi connectivity index (χ3n) is 5.48. The fourth-order valence-corrected chi connectivity index (χ4v) is 3.90. The molecule has 4 rings (SSSR count). The molecule has 2 aliphatic rings. The van der Waals surface area contributed by atoms with E-state index in [0.29, 0.717) is 31.6 Å². The molecule has 2 saturated heterocycles. The number of benzene rings is 2. The minimum atomic E-state index is -0.243. The second-order valence-corrected chi connectivity index (χ2v) is 7.37. The number of likely N-dealkylation sites (tertiary alicyclic amines) is 1. The molecule has 0 bridgehead atoms. The lowest BCUT2D eigenvalue weighted by Crippen LogP contribution is -2.48. The minimum absolute atomic E-state index is 0.0216. The summed E-state index contributed by atoms with van der Waals surface area (Å²) in [6.45, 7) is 4.06. The number of carbonyl (C=O) groups excluding carboxylic acids is 2. The van der Waals surface area contributed by atoms with Crippen molar-refractivity contribution in [2.45, 2.75) is 19.4 Å². The van der Waals surface area contributed by atoms with Gasteiger partial charge in [-0.1, -0.05) is 12.1 Å². The van der Waals surface area contributed by atoms with Crippen molar-refractivity contribution in [2.24, 2.45) is 0 Å². The molecule has 0 radical (unpaired) electrons. The predicted octanol–water partition coefficient (Wildman–Crippen LogP) is 2.91. The van der Waals surface area contributed by atoms with Gasteiger partial charge in [0.25, 0.3) is 5.91 Å². The fourth-order valence-electron chi connectivity index (χ4n) is 3.90. The topological polar surface area (TPSA) is 43.9 Å². The van der Waals surface area contributed by atoms with Gasteiger partial charge in [-0.3, -0.25) is 9.59 Å². The molecule has 0 unspecified atom stereocenters. The van der Waals surface area contributed by atoms with Gasteiger partial charge in [0.1, 0.15) is 5.82 Å². The Morgan fingerprint density at radius 1 is 0.964 bits per heavy atom. The third kappa shape index (κ3) is 4.01. The molecule has 28 heavy (non-hydrogen) atoms. The Kier molecular flexibility index (Phi) is 5.28. The molecule has 0 aromatic heterocycles. The van der Waals surface area contributed by atoms with Crippen molar-refractivity contribution in [3.8, 4) is 0 Å². The lowest BCUT2D eigenvalue weighted by atomic mass is 10.1. The van der Waals surface area contributed by atoms with E-state index in [0.717, 1.165) is 37.3 Å². The number of hydrogen-bond acceptors (Lipinski definition) is 3. The van der Waals surface area contributed by atoms with Crippen molar-refractivity contribution < 1.29 is 14.0 Å². The monoisotopic (exact) mass is 381 g/mol. The molecule has 2 aromatic rings. The number of carbonyl (C=O) groups is 2. The highest BCUT2D eigenvalue weighted by atomic mass is 19.1. The maximum Gasteiger partial charge on any atom is 0.253 e. The Hall–Kier alpha value is -2.89. The molecule has 146 valence electrons. The molecule has 0 spiro atoms. The number of amides is 2. The Morgan fingerprint density at radius 3 is 2.39 bits per heavy atom. The van der Waals surface area contributed by atoms with Crippen LogP contribution in [0.1, 0.15) is 28.8 Å². The quantitative estimate of drug-likeness (QED) is 0.818. The van der Waals surface area contributed by atoms with Crippen LogP contribution in [0, 0.1) is 5.82 Å². The molecular weight excluding hydrogens is 357 g/mol. The first-order chi connectivity index (χ1) is 13.6. The van der Waals surface area contributed by atoms with Gasteiger partial charge in [0.2, 0.25) is 5.91 Å². The fraction of sp³-hybridized carbons (Fsp3) is 0.364. The van der Waals surface area contributed by atoms with E-state index in [4.69, 9.17) is 0 Å². The summed E-state index contributed by atoms with van der Waals surface area (Å²) < 4.78 is 13.1. The predicted molar refractivity (Wildman–Crippen MR) is 106 cm³/mol. The summed E-state index contributed by atoms with van der Waals surface area (Å²) in [5.41, 5.74) is 2.64. The summed E-state index contributed by atoms with van der Waals surface area (Å²) in [5, 5.41) is 0. The summed E-state index contributed by atoms with van der Waals surface area (Å²) in [7, 11) is 0. The number of rotatable bonds is 4. The summed E-state index contributed by atoms with van der Waals surface area (Å²) in [4.78, 5) is 30.6. The average molecular weight is 381 g/mol. The van der Waals surface area contributed by atoms with Crippen LogP contribution in [-0.4, -0.2) is 54.3 Å². The highest BCUT2D eigenvalue weighted by Gasteiger charge is 2.24. The maximum atomic E-state index is 13.1. The van der Waals surface area contributed by atoms with Gasteiger partial charge in [-0.2, -0.15) is 0 Å². The number of halogens is 1. The van der Waals surface area contributed by atoms with Gasteiger partial charge >= 0.3 is 0 Å². The first kappa shape index (κ1) is 18.5. The van der Waals surface area contributed by atoms with Gasteiger partial charge < -0.3 is 14.7 Å². The van der Waals surface area contributed by atoms with E-state index in [2.05, 4.69) is 4.90 Å². The lowest BCUT2D eigenvalue weighted by molar-refractivity contribution is -0.128. The molecule has 2 heterocycles. The standard InChI is InChI=1S/C22H24FN3O2/c23-19-6-8-20(9-7-19)24-11-13-25(14-12-24)22(28)18-4-1-3-17(15-18)16-26-10-2-5-21(26)27/h1,3-4,6-9,15H,2,5,10-14,16H2. The molecule has 2 amide bonds. The highest BCUT2D eigenvalue weighted by molar-refractivity contribution is 5.94. The van der Waals surface area contributed by atoms with Gasteiger partial charge in [-0.25, -0.2) is 4.39 Å². The smallest absolute Gasteiger partial charge is 0.253 e. The van der Waals surface area contributed by atoms with Crippen LogP contribution >= 0.6 is 0 Å².